The molecule has 1 amide bonds. The molecular formula is C17H24N2O2. The zero-order valence-electron chi connectivity index (χ0n) is 12.9. The van der Waals surface area contributed by atoms with Crippen molar-refractivity contribution >= 4 is 11.6 Å². The van der Waals surface area contributed by atoms with Crippen molar-refractivity contribution in [1.82, 2.24) is 4.90 Å². The molecule has 114 valence electrons. The van der Waals surface area contributed by atoms with Crippen LogP contribution in [0.3, 0.4) is 0 Å². The van der Waals surface area contributed by atoms with Crippen LogP contribution in [-0.2, 0) is 0 Å². The minimum Gasteiger partial charge on any atom is -0.489 e. The van der Waals surface area contributed by atoms with Gasteiger partial charge >= 0.3 is 0 Å². The van der Waals surface area contributed by atoms with Crippen LogP contribution in [0, 0.1) is 5.41 Å². The maximum absolute atomic E-state index is 12.9. The van der Waals surface area contributed by atoms with Crippen LogP contribution in [0.4, 0.5) is 5.69 Å². The fourth-order valence-corrected chi connectivity index (χ4v) is 3.44. The van der Waals surface area contributed by atoms with E-state index in [4.69, 9.17) is 4.74 Å². The number of carbonyl (C=O) groups is 1. The molecule has 1 fully saturated rings. The lowest BCUT2D eigenvalue weighted by molar-refractivity contribution is 0.0765. The molecule has 1 aromatic carbocycles. The Morgan fingerprint density at radius 2 is 2.19 bits per heavy atom. The topological polar surface area (TPSA) is 41.6 Å². The summed E-state index contributed by atoms with van der Waals surface area (Å²) in [6.45, 7) is 7.60. The van der Waals surface area contributed by atoms with E-state index in [1.165, 1.54) is 0 Å². The number of hydrogen-bond donors (Lipinski definition) is 1. The van der Waals surface area contributed by atoms with Gasteiger partial charge in [-0.05, 0) is 36.8 Å². The van der Waals surface area contributed by atoms with Crippen LogP contribution in [-0.4, -0.2) is 37.0 Å². The van der Waals surface area contributed by atoms with E-state index in [2.05, 4.69) is 19.2 Å². The average Bonchev–Trinajstić information content (AvgIpc) is 2.99. The van der Waals surface area contributed by atoms with Crippen molar-refractivity contribution in [2.75, 3.05) is 31.6 Å². The summed E-state index contributed by atoms with van der Waals surface area (Å²) in [7, 11) is 0. The Bertz CT molecular complexity index is 538. The first-order chi connectivity index (χ1) is 10.2. The smallest absolute Gasteiger partial charge is 0.257 e. The lowest BCUT2D eigenvalue weighted by Crippen LogP contribution is -2.32. The van der Waals surface area contributed by atoms with Gasteiger partial charge in [-0.2, -0.15) is 0 Å². The highest BCUT2D eigenvalue weighted by molar-refractivity contribution is 5.99. The van der Waals surface area contributed by atoms with E-state index in [0.29, 0.717) is 17.6 Å². The summed E-state index contributed by atoms with van der Waals surface area (Å²) < 4.78 is 5.73. The van der Waals surface area contributed by atoms with Crippen LogP contribution < -0.4 is 10.1 Å². The van der Waals surface area contributed by atoms with Gasteiger partial charge in [-0.15, -0.1) is 0 Å². The Hall–Kier alpha value is -1.71. The van der Waals surface area contributed by atoms with Crippen LogP contribution in [0.2, 0.25) is 0 Å². The van der Waals surface area contributed by atoms with Crippen molar-refractivity contribution in [1.29, 1.82) is 0 Å². The van der Waals surface area contributed by atoms with E-state index in [1.54, 1.807) is 0 Å². The van der Waals surface area contributed by atoms with Crippen LogP contribution in [0.15, 0.2) is 18.2 Å². The number of likely N-dealkylation sites (tertiary alicyclic amines) is 1. The van der Waals surface area contributed by atoms with Gasteiger partial charge < -0.3 is 15.0 Å². The molecule has 2 aliphatic heterocycles. The molecule has 0 aliphatic carbocycles. The van der Waals surface area contributed by atoms with Gasteiger partial charge in [0.15, 0.2) is 5.75 Å². The van der Waals surface area contributed by atoms with E-state index < -0.39 is 0 Å². The van der Waals surface area contributed by atoms with E-state index in [-0.39, 0.29) is 5.91 Å². The van der Waals surface area contributed by atoms with Crippen LogP contribution in [0.25, 0.3) is 0 Å². The third-order valence-electron chi connectivity index (χ3n) is 5.13. The Labute approximate surface area is 126 Å². The number of anilines is 1. The Morgan fingerprint density at radius 3 is 2.90 bits per heavy atom. The van der Waals surface area contributed by atoms with Crippen molar-refractivity contribution in [3.8, 4) is 5.75 Å². The van der Waals surface area contributed by atoms with E-state index in [1.807, 2.05) is 23.1 Å². The number of nitrogens with zero attached hydrogens (tertiary/aromatic N) is 1. The van der Waals surface area contributed by atoms with Crippen molar-refractivity contribution in [2.24, 2.45) is 5.41 Å². The number of rotatable bonds is 3. The van der Waals surface area contributed by atoms with E-state index >= 15 is 0 Å². The fourth-order valence-electron chi connectivity index (χ4n) is 3.44. The van der Waals surface area contributed by atoms with Crippen LogP contribution >= 0.6 is 0 Å². The summed E-state index contributed by atoms with van der Waals surface area (Å²) >= 11 is 0. The second kappa shape index (κ2) is 5.58. The Balaban J connectivity index is 1.84. The number of benzene rings is 1. The first-order valence-corrected chi connectivity index (χ1v) is 7.98. The quantitative estimate of drug-likeness (QED) is 0.929. The largest absolute Gasteiger partial charge is 0.489 e. The molecule has 0 saturated carbocycles. The molecule has 1 aromatic rings. The van der Waals surface area contributed by atoms with Crippen LogP contribution in [0.5, 0.6) is 5.75 Å². The molecule has 0 radical (unpaired) electrons. The fraction of sp³-hybridized carbons (Fsp3) is 0.588. The molecule has 0 unspecified atom stereocenters. The molecule has 2 heterocycles. The predicted octanol–water partition coefficient (Wildman–Crippen LogP) is 3.14. The van der Waals surface area contributed by atoms with Crippen LogP contribution in [0.1, 0.15) is 43.5 Å². The molecule has 4 nitrogen and oxygen atoms in total. The van der Waals surface area contributed by atoms with E-state index in [0.717, 1.165) is 50.3 Å². The first-order valence-electron chi connectivity index (χ1n) is 7.98. The SMILES string of the molecule is CCC1(CC)CCN(C(=O)c2cccc3c2OCCN3)C1. The number of amides is 1. The summed E-state index contributed by atoms with van der Waals surface area (Å²) in [5.41, 5.74) is 1.94. The van der Waals surface area contributed by atoms with Gasteiger partial charge in [0.05, 0.1) is 11.3 Å². The first kappa shape index (κ1) is 14.2. The molecule has 0 spiro atoms. The molecule has 0 aromatic heterocycles. The highest BCUT2D eigenvalue weighted by Crippen LogP contribution is 2.39. The minimum absolute atomic E-state index is 0.110. The summed E-state index contributed by atoms with van der Waals surface area (Å²) in [5.74, 6) is 0.832. The number of hydrogen-bond acceptors (Lipinski definition) is 3. The molecule has 0 atom stereocenters. The molecule has 4 heteroatoms. The van der Waals surface area contributed by atoms with Gasteiger partial charge in [0, 0.05) is 19.6 Å². The molecule has 0 bridgehead atoms. The molecule has 3 rings (SSSR count). The predicted molar refractivity (Wildman–Crippen MR) is 84.0 cm³/mol. The zero-order chi connectivity index (χ0) is 14.9. The molecule has 21 heavy (non-hydrogen) atoms. The second-order valence-corrected chi connectivity index (χ2v) is 6.14. The van der Waals surface area contributed by atoms with Crippen molar-refractivity contribution in [3.63, 3.8) is 0 Å². The van der Waals surface area contributed by atoms with Gasteiger partial charge in [-0.3, -0.25) is 4.79 Å². The lowest BCUT2D eigenvalue weighted by atomic mass is 9.82. The van der Waals surface area contributed by atoms with Gasteiger partial charge in [0.1, 0.15) is 6.61 Å². The maximum Gasteiger partial charge on any atom is 0.257 e. The van der Waals surface area contributed by atoms with Gasteiger partial charge in [0.2, 0.25) is 0 Å². The minimum atomic E-state index is 0.110. The molecule has 1 N–H and O–H groups in total. The third kappa shape index (κ3) is 2.47. The highest BCUT2D eigenvalue weighted by atomic mass is 16.5. The van der Waals surface area contributed by atoms with Crippen molar-refractivity contribution in [2.45, 2.75) is 33.1 Å². The normalized spacial score (nSPS) is 19.6. The van der Waals surface area contributed by atoms with Gasteiger partial charge in [0.25, 0.3) is 5.91 Å². The number of ether oxygens (including phenoxy) is 1. The second-order valence-electron chi connectivity index (χ2n) is 6.14. The maximum atomic E-state index is 12.9. The summed E-state index contributed by atoms with van der Waals surface area (Å²) in [6, 6.07) is 5.78. The van der Waals surface area contributed by atoms with Gasteiger partial charge in [-0.1, -0.05) is 19.9 Å². The number of fused-ring (bicyclic) bond motifs is 1. The standard InChI is InChI=1S/C17H24N2O2/c1-3-17(4-2)8-10-19(12-17)16(20)13-6-5-7-14-15(13)21-11-9-18-14/h5-7,18H,3-4,8-12H2,1-2H3. The highest BCUT2D eigenvalue weighted by Gasteiger charge is 2.38. The van der Waals surface area contributed by atoms with Crippen molar-refractivity contribution < 1.29 is 9.53 Å². The number of carbonyl (C=O) groups excluding carboxylic acids is 1. The van der Waals surface area contributed by atoms with Crippen molar-refractivity contribution in [3.05, 3.63) is 23.8 Å². The van der Waals surface area contributed by atoms with Gasteiger partial charge in [-0.25, -0.2) is 0 Å². The average molecular weight is 288 g/mol. The summed E-state index contributed by atoms with van der Waals surface area (Å²) in [6.07, 6.45) is 3.39. The summed E-state index contributed by atoms with van der Waals surface area (Å²) in [5, 5.41) is 3.29. The van der Waals surface area contributed by atoms with E-state index in [9.17, 15) is 4.79 Å². The monoisotopic (exact) mass is 288 g/mol. The Morgan fingerprint density at radius 1 is 1.38 bits per heavy atom. The molecular weight excluding hydrogens is 264 g/mol. The molecule has 2 aliphatic rings. The zero-order valence-corrected chi connectivity index (χ0v) is 12.9. The molecule has 1 saturated heterocycles. The Kier molecular flexibility index (Phi) is 3.79. The number of para-hydroxylation sites is 1. The summed E-state index contributed by atoms with van der Waals surface area (Å²) in [4.78, 5) is 14.9. The number of nitrogens with one attached hydrogen (secondary N) is 1. The third-order valence-corrected chi connectivity index (χ3v) is 5.13. The lowest BCUT2D eigenvalue weighted by Gasteiger charge is -2.27.